The highest BCUT2D eigenvalue weighted by atomic mass is 16.6. The molecule has 18 heavy (non-hydrogen) atoms. The zero-order valence-electron chi connectivity index (χ0n) is 11.4. The van der Waals surface area contributed by atoms with Gasteiger partial charge in [-0.05, 0) is 39.3 Å². The van der Waals surface area contributed by atoms with Crippen LogP contribution in [-0.2, 0) is 11.2 Å². The fourth-order valence-corrected chi connectivity index (χ4v) is 1.45. The molecule has 0 aliphatic rings. The average Bonchev–Trinajstić information content (AvgIpc) is 2.59. The molecule has 1 rings (SSSR count). The lowest BCUT2D eigenvalue weighted by molar-refractivity contribution is 0.0524. The first-order valence-electron chi connectivity index (χ1n) is 6.03. The van der Waals surface area contributed by atoms with Gasteiger partial charge in [-0.15, -0.1) is 0 Å². The molecular weight excluding hydrogens is 232 g/mol. The molecule has 1 unspecified atom stereocenters. The number of carbonyl (C=O) groups is 1. The molecule has 0 fully saturated rings. The summed E-state index contributed by atoms with van der Waals surface area (Å²) in [6.07, 6.45) is 1.78. The van der Waals surface area contributed by atoms with Crippen molar-refractivity contribution in [2.24, 2.45) is 5.73 Å². The molecule has 1 aromatic heterocycles. The standard InChI is InChI=1S/C13H22N2O3/c1-9-5-6-17-11(9)7-10(14)8-15-12(16)18-13(2,3)4/h5-6,10H,7-8,14H2,1-4H3,(H,15,16). The molecule has 1 atom stereocenters. The molecule has 0 spiro atoms. The van der Waals surface area contributed by atoms with Crippen LogP contribution < -0.4 is 11.1 Å². The zero-order chi connectivity index (χ0) is 13.8. The van der Waals surface area contributed by atoms with E-state index in [2.05, 4.69) is 5.32 Å². The molecule has 3 N–H and O–H groups in total. The van der Waals surface area contributed by atoms with Crippen molar-refractivity contribution in [3.05, 3.63) is 23.7 Å². The Morgan fingerprint density at radius 3 is 2.72 bits per heavy atom. The Morgan fingerprint density at radius 2 is 2.22 bits per heavy atom. The Kier molecular flexibility index (Phi) is 4.78. The predicted octanol–water partition coefficient (Wildman–Crippen LogP) is 1.98. The van der Waals surface area contributed by atoms with E-state index in [9.17, 15) is 4.79 Å². The second-order valence-corrected chi connectivity index (χ2v) is 5.37. The number of aryl methyl sites for hydroxylation is 1. The van der Waals surface area contributed by atoms with Crippen molar-refractivity contribution >= 4 is 6.09 Å². The van der Waals surface area contributed by atoms with Crippen LogP contribution in [0.1, 0.15) is 32.1 Å². The van der Waals surface area contributed by atoms with Gasteiger partial charge in [-0.3, -0.25) is 0 Å². The van der Waals surface area contributed by atoms with E-state index in [0.29, 0.717) is 13.0 Å². The van der Waals surface area contributed by atoms with Gasteiger partial charge in [0.05, 0.1) is 6.26 Å². The van der Waals surface area contributed by atoms with Crippen LogP contribution in [0.5, 0.6) is 0 Å². The van der Waals surface area contributed by atoms with E-state index >= 15 is 0 Å². The van der Waals surface area contributed by atoms with Gasteiger partial charge in [0.2, 0.25) is 0 Å². The van der Waals surface area contributed by atoms with E-state index in [4.69, 9.17) is 14.9 Å². The minimum atomic E-state index is -0.494. The van der Waals surface area contributed by atoms with E-state index in [1.165, 1.54) is 0 Å². The molecule has 0 saturated carbocycles. The van der Waals surface area contributed by atoms with E-state index in [1.54, 1.807) is 6.26 Å². The quantitative estimate of drug-likeness (QED) is 0.861. The minimum absolute atomic E-state index is 0.192. The average molecular weight is 254 g/mol. The monoisotopic (exact) mass is 254 g/mol. The predicted molar refractivity (Wildman–Crippen MR) is 69.4 cm³/mol. The number of rotatable bonds is 4. The molecule has 0 saturated heterocycles. The Morgan fingerprint density at radius 1 is 1.56 bits per heavy atom. The van der Waals surface area contributed by atoms with Crippen LogP contribution in [0.2, 0.25) is 0 Å². The fourth-order valence-electron chi connectivity index (χ4n) is 1.45. The van der Waals surface area contributed by atoms with E-state index in [0.717, 1.165) is 11.3 Å². The van der Waals surface area contributed by atoms with E-state index in [-0.39, 0.29) is 6.04 Å². The highest BCUT2D eigenvalue weighted by Gasteiger charge is 2.17. The molecule has 102 valence electrons. The molecule has 0 aliphatic heterocycles. The molecule has 0 aliphatic carbocycles. The summed E-state index contributed by atoms with van der Waals surface area (Å²) in [5.41, 5.74) is 6.49. The van der Waals surface area contributed by atoms with Crippen molar-refractivity contribution < 1.29 is 13.9 Å². The highest BCUT2D eigenvalue weighted by molar-refractivity contribution is 5.67. The van der Waals surface area contributed by atoms with Gasteiger partial charge in [0, 0.05) is 19.0 Å². The van der Waals surface area contributed by atoms with Gasteiger partial charge in [0.15, 0.2) is 0 Å². The van der Waals surface area contributed by atoms with Gasteiger partial charge in [0.1, 0.15) is 11.4 Å². The number of furan rings is 1. The number of amides is 1. The second-order valence-electron chi connectivity index (χ2n) is 5.37. The normalized spacial score (nSPS) is 13.2. The Bertz CT molecular complexity index is 393. The lowest BCUT2D eigenvalue weighted by Gasteiger charge is -2.20. The van der Waals surface area contributed by atoms with Crippen LogP contribution in [-0.4, -0.2) is 24.3 Å². The number of hydrogen-bond acceptors (Lipinski definition) is 4. The lowest BCUT2D eigenvalue weighted by Crippen LogP contribution is -2.41. The van der Waals surface area contributed by atoms with Gasteiger partial charge in [-0.25, -0.2) is 4.79 Å². The number of alkyl carbamates (subject to hydrolysis) is 1. The summed E-state index contributed by atoms with van der Waals surface area (Å²) in [6.45, 7) is 7.78. The number of ether oxygens (including phenoxy) is 1. The number of nitrogens with two attached hydrogens (primary N) is 1. The molecular formula is C13H22N2O3. The molecule has 1 amide bonds. The summed E-state index contributed by atoms with van der Waals surface area (Å²) in [5, 5.41) is 2.64. The van der Waals surface area contributed by atoms with Gasteiger partial charge in [-0.1, -0.05) is 0 Å². The van der Waals surface area contributed by atoms with Crippen LogP contribution in [0.15, 0.2) is 16.7 Å². The van der Waals surface area contributed by atoms with Crippen LogP contribution in [0, 0.1) is 6.92 Å². The third kappa shape index (κ3) is 5.23. The first-order valence-corrected chi connectivity index (χ1v) is 6.03. The zero-order valence-corrected chi connectivity index (χ0v) is 11.4. The maximum Gasteiger partial charge on any atom is 0.407 e. The van der Waals surface area contributed by atoms with E-state index < -0.39 is 11.7 Å². The molecule has 0 aromatic carbocycles. The number of nitrogens with one attached hydrogen (secondary N) is 1. The third-order valence-electron chi connectivity index (χ3n) is 2.32. The molecule has 1 heterocycles. The Balaban J connectivity index is 2.31. The fraction of sp³-hybridized carbons (Fsp3) is 0.615. The Hall–Kier alpha value is -1.49. The van der Waals surface area contributed by atoms with Gasteiger partial charge in [-0.2, -0.15) is 0 Å². The molecule has 5 heteroatoms. The minimum Gasteiger partial charge on any atom is -0.469 e. The van der Waals surface area contributed by atoms with Crippen LogP contribution >= 0.6 is 0 Å². The van der Waals surface area contributed by atoms with Crippen LogP contribution in [0.3, 0.4) is 0 Å². The van der Waals surface area contributed by atoms with Gasteiger partial charge in [0.25, 0.3) is 0 Å². The lowest BCUT2D eigenvalue weighted by atomic mass is 10.1. The van der Waals surface area contributed by atoms with Crippen molar-refractivity contribution in [2.75, 3.05) is 6.54 Å². The number of carbonyl (C=O) groups excluding carboxylic acids is 1. The largest absolute Gasteiger partial charge is 0.469 e. The topological polar surface area (TPSA) is 77.5 Å². The van der Waals surface area contributed by atoms with E-state index in [1.807, 2.05) is 33.8 Å². The first-order chi connectivity index (χ1) is 8.28. The summed E-state index contributed by atoms with van der Waals surface area (Å²) >= 11 is 0. The molecule has 5 nitrogen and oxygen atoms in total. The summed E-state index contributed by atoms with van der Waals surface area (Å²) in [6, 6.07) is 1.70. The van der Waals surface area contributed by atoms with Crippen molar-refractivity contribution in [1.29, 1.82) is 0 Å². The summed E-state index contributed by atoms with van der Waals surface area (Å²) in [7, 11) is 0. The SMILES string of the molecule is Cc1ccoc1CC(N)CNC(=O)OC(C)(C)C. The molecule has 0 bridgehead atoms. The second kappa shape index (κ2) is 5.91. The number of hydrogen-bond donors (Lipinski definition) is 2. The summed E-state index contributed by atoms with van der Waals surface area (Å²) in [4.78, 5) is 11.4. The molecule has 1 aromatic rings. The van der Waals surface area contributed by atoms with Crippen LogP contribution in [0.4, 0.5) is 4.79 Å². The van der Waals surface area contributed by atoms with Crippen molar-refractivity contribution in [1.82, 2.24) is 5.32 Å². The van der Waals surface area contributed by atoms with Crippen molar-refractivity contribution in [3.8, 4) is 0 Å². The highest BCUT2D eigenvalue weighted by Crippen LogP contribution is 2.10. The van der Waals surface area contributed by atoms with Crippen molar-refractivity contribution in [2.45, 2.75) is 45.8 Å². The maximum absolute atomic E-state index is 11.4. The summed E-state index contributed by atoms with van der Waals surface area (Å²) in [5.74, 6) is 0.855. The third-order valence-corrected chi connectivity index (χ3v) is 2.32. The van der Waals surface area contributed by atoms with Gasteiger partial charge >= 0.3 is 6.09 Å². The Labute approximate surface area is 108 Å². The van der Waals surface area contributed by atoms with Crippen LogP contribution in [0.25, 0.3) is 0 Å². The summed E-state index contributed by atoms with van der Waals surface area (Å²) < 4.78 is 10.4. The maximum atomic E-state index is 11.4. The molecule has 0 radical (unpaired) electrons. The van der Waals surface area contributed by atoms with Gasteiger partial charge < -0.3 is 20.2 Å². The van der Waals surface area contributed by atoms with Crippen molar-refractivity contribution in [3.63, 3.8) is 0 Å². The smallest absolute Gasteiger partial charge is 0.407 e. The first kappa shape index (κ1) is 14.6.